The molecule has 1 fully saturated rings. The standard InChI is InChI=1S/C17H20FN3O3S/c1-11(12-6-7-12)17(22,13-4-3-5-14(18)8-13)9-21-15(19-10-20-21)24-16(25)23-2/h3-5,8,10-12,22H,6-7,9H2,1-2H3/t11?,17-/m0/s1. The molecule has 0 aliphatic heterocycles. The SMILES string of the molecule is COC(=S)Oc1ncnn1C[C@@](O)(c1cccc(F)c1)C(C)C1CC1. The lowest BCUT2D eigenvalue weighted by Crippen LogP contribution is -2.40. The Morgan fingerprint density at radius 3 is 2.92 bits per heavy atom. The summed E-state index contributed by atoms with van der Waals surface area (Å²) in [7, 11) is 1.39. The van der Waals surface area contributed by atoms with E-state index in [0.717, 1.165) is 12.8 Å². The maximum Gasteiger partial charge on any atom is 0.360 e. The smallest absolute Gasteiger partial charge is 0.360 e. The Labute approximate surface area is 150 Å². The van der Waals surface area contributed by atoms with Crippen molar-refractivity contribution in [2.24, 2.45) is 11.8 Å². The van der Waals surface area contributed by atoms with Crippen molar-refractivity contribution >= 4 is 17.5 Å². The normalized spacial score (nSPS) is 17.6. The molecule has 6 nitrogen and oxygen atoms in total. The number of rotatable bonds is 6. The van der Waals surface area contributed by atoms with Crippen molar-refractivity contribution in [1.29, 1.82) is 0 Å². The highest BCUT2D eigenvalue weighted by Crippen LogP contribution is 2.46. The van der Waals surface area contributed by atoms with Crippen LogP contribution in [0.3, 0.4) is 0 Å². The average Bonchev–Trinajstić information content (AvgIpc) is 3.36. The fraction of sp³-hybridized carbons (Fsp3) is 0.471. The zero-order valence-corrected chi connectivity index (χ0v) is 14.9. The lowest BCUT2D eigenvalue weighted by Gasteiger charge is -2.35. The van der Waals surface area contributed by atoms with Gasteiger partial charge in [-0.05, 0) is 42.4 Å². The van der Waals surface area contributed by atoms with Crippen LogP contribution < -0.4 is 4.74 Å². The van der Waals surface area contributed by atoms with Crippen LogP contribution in [0.2, 0.25) is 0 Å². The van der Waals surface area contributed by atoms with Crippen LogP contribution >= 0.6 is 12.2 Å². The fourth-order valence-corrected chi connectivity index (χ4v) is 3.10. The Morgan fingerprint density at radius 2 is 2.28 bits per heavy atom. The number of aromatic nitrogens is 3. The summed E-state index contributed by atoms with van der Waals surface area (Å²) in [4.78, 5) is 4.00. The van der Waals surface area contributed by atoms with E-state index in [0.29, 0.717) is 11.5 Å². The molecule has 1 unspecified atom stereocenters. The van der Waals surface area contributed by atoms with Gasteiger partial charge < -0.3 is 14.6 Å². The van der Waals surface area contributed by atoms with Crippen LogP contribution in [-0.2, 0) is 16.9 Å². The van der Waals surface area contributed by atoms with Crippen molar-refractivity contribution in [2.45, 2.75) is 31.9 Å². The highest BCUT2D eigenvalue weighted by molar-refractivity contribution is 7.79. The molecule has 0 bridgehead atoms. The van der Waals surface area contributed by atoms with Crippen molar-refractivity contribution in [3.63, 3.8) is 0 Å². The molecule has 1 N–H and O–H groups in total. The van der Waals surface area contributed by atoms with Crippen LogP contribution in [0, 0.1) is 17.7 Å². The fourth-order valence-electron chi connectivity index (χ4n) is 3.03. The van der Waals surface area contributed by atoms with Crippen LogP contribution in [0.5, 0.6) is 6.01 Å². The molecule has 0 radical (unpaired) electrons. The molecule has 134 valence electrons. The van der Waals surface area contributed by atoms with E-state index in [2.05, 4.69) is 10.1 Å². The van der Waals surface area contributed by atoms with E-state index in [9.17, 15) is 9.50 Å². The number of hydrogen-bond acceptors (Lipinski definition) is 6. The van der Waals surface area contributed by atoms with Crippen molar-refractivity contribution in [2.75, 3.05) is 7.11 Å². The van der Waals surface area contributed by atoms with E-state index in [1.807, 2.05) is 6.92 Å². The minimum atomic E-state index is -1.32. The summed E-state index contributed by atoms with van der Waals surface area (Å²) in [6.07, 6.45) is 3.40. The molecule has 0 amide bonds. The molecule has 1 aliphatic rings. The highest BCUT2D eigenvalue weighted by Gasteiger charge is 2.45. The van der Waals surface area contributed by atoms with Crippen molar-refractivity contribution in [3.8, 4) is 6.01 Å². The molecule has 1 aliphatic carbocycles. The Hall–Kier alpha value is -2.06. The van der Waals surface area contributed by atoms with Crippen molar-refractivity contribution < 1.29 is 19.0 Å². The summed E-state index contributed by atoms with van der Waals surface area (Å²) in [6.45, 7) is 2.04. The molecule has 3 rings (SSSR count). The molecule has 25 heavy (non-hydrogen) atoms. The maximum atomic E-state index is 13.7. The number of thiocarbonyl (C=S) groups is 1. The van der Waals surface area contributed by atoms with E-state index in [1.165, 1.54) is 30.3 Å². The molecule has 1 saturated carbocycles. The van der Waals surface area contributed by atoms with Gasteiger partial charge in [0, 0.05) is 12.2 Å². The van der Waals surface area contributed by atoms with Gasteiger partial charge in [0.25, 0.3) is 0 Å². The Balaban J connectivity index is 1.94. The zero-order chi connectivity index (χ0) is 18.0. The molecule has 2 aromatic rings. The number of halogens is 1. The summed E-state index contributed by atoms with van der Waals surface area (Å²) < 4.78 is 25.3. The third kappa shape index (κ3) is 3.80. The monoisotopic (exact) mass is 365 g/mol. The van der Waals surface area contributed by atoms with Gasteiger partial charge in [-0.25, -0.2) is 9.07 Å². The molecule has 1 heterocycles. The molecular formula is C17H20FN3O3S. The van der Waals surface area contributed by atoms with E-state index < -0.39 is 11.4 Å². The molecule has 1 aromatic carbocycles. The van der Waals surface area contributed by atoms with E-state index in [1.54, 1.807) is 12.1 Å². The van der Waals surface area contributed by atoms with Gasteiger partial charge in [0.15, 0.2) is 0 Å². The number of hydrogen-bond donors (Lipinski definition) is 1. The summed E-state index contributed by atoms with van der Waals surface area (Å²) >= 11 is 4.88. The van der Waals surface area contributed by atoms with E-state index in [-0.39, 0.29) is 23.7 Å². The topological polar surface area (TPSA) is 69.4 Å². The number of benzene rings is 1. The van der Waals surface area contributed by atoms with Gasteiger partial charge in [0.05, 0.1) is 13.7 Å². The van der Waals surface area contributed by atoms with Gasteiger partial charge in [-0.3, -0.25) is 0 Å². The van der Waals surface area contributed by atoms with Gasteiger partial charge in [-0.2, -0.15) is 10.1 Å². The number of ether oxygens (including phenoxy) is 2. The largest absolute Gasteiger partial charge is 0.460 e. The van der Waals surface area contributed by atoms with Gasteiger partial charge in [0.1, 0.15) is 17.7 Å². The van der Waals surface area contributed by atoms with Gasteiger partial charge in [-0.15, -0.1) is 0 Å². The second-order valence-electron chi connectivity index (χ2n) is 6.32. The second-order valence-corrected chi connectivity index (χ2v) is 6.65. The third-order valence-electron chi connectivity index (χ3n) is 4.72. The molecular weight excluding hydrogens is 345 g/mol. The third-order valence-corrected chi connectivity index (χ3v) is 4.97. The molecule has 0 spiro atoms. The Morgan fingerprint density at radius 1 is 1.52 bits per heavy atom. The van der Waals surface area contributed by atoms with Crippen LogP contribution in [0.25, 0.3) is 0 Å². The molecule has 0 saturated heterocycles. The summed E-state index contributed by atoms with van der Waals surface area (Å²) in [5, 5.41) is 15.5. The summed E-state index contributed by atoms with van der Waals surface area (Å²) in [6, 6.07) is 6.14. The van der Waals surface area contributed by atoms with Crippen LogP contribution in [0.1, 0.15) is 25.3 Å². The first-order chi connectivity index (χ1) is 11.9. The highest BCUT2D eigenvalue weighted by atomic mass is 32.1. The maximum absolute atomic E-state index is 13.7. The van der Waals surface area contributed by atoms with Gasteiger partial charge >= 0.3 is 11.2 Å². The Bertz CT molecular complexity index is 765. The molecule has 1 aromatic heterocycles. The van der Waals surface area contributed by atoms with E-state index >= 15 is 0 Å². The average molecular weight is 365 g/mol. The quantitative estimate of drug-likeness (QED) is 0.794. The lowest BCUT2D eigenvalue weighted by molar-refractivity contribution is -0.0456. The minimum Gasteiger partial charge on any atom is -0.460 e. The van der Waals surface area contributed by atoms with E-state index in [4.69, 9.17) is 21.7 Å². The molecule has 8 heteroatoms. The van der Waals surface area contributed by atoms with Crippen LogP contribution in [-0.4, -0.2) is 32.2 Å². The minimum absolute atomic E-state index is 0.0653. The van der Waals surface area contributed by atoms with Gasteiger partial charge in [0.2, 0.25) is 0 Å². The van der Waals surface area contributed by atoms with Crippen LogP contribution in [0.15, 0.2) is 30.6 Å². The van der Waals surface area contributed by atoms with Crippen LogP contribution in [0.4, 0.5) is 4.39 Å². The predicted molar refractivity (Wildman–Crippen MR) is 92.4 cm³/mol. The molecule has 2 atom stereocenters. The number of aliphatic hydroxyl groups is 1. The zero-order valence-electron chi connectivity index (χ0n) is 14.1. The van der Waals surface area contributed by atoms with Crippen molar-refractivity contribution in [1.82, 2.24) is 14.8 Å². The Kier molecular flexibility index (Phi) is 5.01. The summed E-state index contributed by atoms with van der Waals surface area (Å²) in [5.41, 5.74) is -0.813. The first-order valence-electron chi connectivity index (χ1n) is 8.06. The predicted octanol–water partition coefficient (Wildman–Crippen LogP) is 2.66. The second kappa shape index (κ2) is 7.05. The number of methoxy groups -OCH3 is 1. The first kappa shape index (κ1) is 17.8. The van der Waals surface area contributed by atoms with Crippen molar-refractivity contribution in [3.05, 3.63) is 42.0 Å². The lowest BCUT2D eigenvalue weighted by atomic mass is 9.79. The number of nitrogens with zero attached hydrogens (tertiary/aromatic N) is 3. The first-order valence-corrected chi connectivity index (χ1v) is 8.47. The van der Waals surface area contributed by atoms with Gasteiger partial charge in [-0.1, -0.05) is 19.1 Å². The summed E-state index contributed by atoms with van der Waals surface area (Å²) in [5.74, 6) is -0.0866.